The van der Waals surface area contributed by atoms with Crippen molar-refractivity contribution in [1.29, 1.82) is 0 Å². The lowest BCUT2D eigenvalue weighted by molar-refractivity contribution is 0.0701. The minimum atomic E-state index is -0.0880. The summed E-state index contributed by atoms with van der Waals surface area (Å²) in [5.74, 6) is -0.0880. The molecule has 1 aromatic rings. The predicted octanol–water partition coefficient (Wildman–Crippen LogP) is 1.92. The van der Waals surface area contributed by atoms with E-state index in [2.05, 4.69) is 4.98 Å². The third kappa shape index (κ3) is 2.72. The number of anilines is 1. The number of nitrogen functional groups attached to an aromatic ring is 1. The lowest BCUT2D eigenvalue weighted by Gasteiger charge is -2.26. The molecule has 0 aliphatic heterocycles. The lowest BCUT2D eigenvalue weighted by atomic mass is 10.2. The SMILES string of the molecule is CCCN(C(=O)c1ncccc1N)C(C)C. The minimum absolute atomic E-state index is 0.0880. The number of nitrogens with two attached hydrogens (primary N) is 1. The Labute approximate surface area is 96.5 Å². The van der Waals surface area contributed by atoms with E-state index < -0.39 is 0 Å². The third-order valence-corrected chi connectivity index (χ3v) is 2.39. The Balaban J connectivity index is 2.95. The highest BCUT2D eigenvalue weighted by atomic mass is 16.2. The van der Waals surface area contributed by atoms with Crippen LogP contribution in [0.5, 0.6) is 0 Å². The van der Waals surface area contributed by atoms with Crippen molar-refractivity contribution < 1.29 is 4.79 Å². The van der Waals surface area contributed by atoms with E-state index in [1.54, 1.807) is 23.2 Å². The van der Waals surface area contributed by atoms with Crippen molar-refractivity contribution >= 4 is 11.6 Å². The molecule has 1 heterocycles. The fourth-order valence-electron chi connectivity index (χ4n) is 1.57. The molecular weight excluding hydrogens is 202 g/mol. The molecule has 0 saturated carbocycles. The van der Waals surface area contributed by atoms with Crippen LogP contribution >= 0.6 is 0 Å². The van der Waals surface area contributed by atoms with Gasteiger partial charge in [0.2, 0.25) is 0 Å². The summed E-state index contributed by atoms with van der Waals surface area (Å²) in [5, 5.41) is 0. The summed E-state index contributed by atoms with van der Waals surface area (Å²) >= 11 is 0. The minimum Gasteiger partial charge on any atom is -0.397 e. The van der Waals surface area contributed by atoms with E-state index in [0.717, 1.165) is 13.0 Å². The van der Waals surface area contributed by atoms with Gasteiger partial charge in [-0.15, -0.1) is 0 Å². The summed E-state index contributed by atoms with van der Waals surface area (Å²) in [6.07, 6.45) is 2.52. The van der Waals surface area contributed by atoms with Crippen molar-refractivity contribution in [2.75, 3.05) is 12.3 Å². The van der Waals surface area contributed by atoms with Crippen molar-refractivity contribution in [3.63, 3.8) is 0 Å². The number of rotatable bonds is 4. The van der Waals surface area contributed by atoms with Crippen LogP contribution in [0.1, 0.15) is 37.7 Å². The molecule has 0 unspecified atom stereocenters. The second kappa shape index (κ2) is 5.49. The zero-order valence-electron chi connectivity index (χ0n) is 10.1. The Morgan fingerprint density at radius 3 is 2.75 bits per heavy atom. The molecule has 4 heteroatoms. The van der Waals surface area contributed by atoms with Gasteiger partial charge in [0.25, 0.3) is 5.91 Å². The quantitative estimate of drug-likeness (QED) is 0.845. The standard InChI is InChI=1S/C12H19N3O/c1-4-8-15(9(2)3)12(16)11-10(13)6-5-7-14-11/h5-7,9H,4,8,13H2,1-3H3. The molecule has 0 aliphatic carbocycles. The van der Waals surface area contributed by atoms with Crippen LogP contribution in [0.2, 0.25) is 0 Å². The molecule has 0 aromatic carbocycles. The summed E-state index contributed by atoms with van der Waals surface area (Å²) in [5.41, 5.74) is 6.54. The maximum absolute atomic E-state index is 12.2. The van der Waals surface area contributed by atoms with Gasteiger partial charge in [-0.3, -0.25) is 4.79 Å². The zero-order valence-corrected chi connectivity index (χ0v) is 10.1. The van der Waals surface area contributed by atoms with Crippen LogP contribution in [-0.4, -0.2) is 28.4 Å². The number of hydrogen-bond donors (Lipinski definition) is 1. The summed E-state index contributed by atoms with van der Waals surface area (Å²) in [7, 11) is 0. The molecule has 1 amide bonds. The lowest BCUT2D eigenvalue weighted by Crippen LogP contribution is -2.38. The van der Waals surface area contributed by atoms with Crippen molar-refractivity contribution in [3.05, 3.63) is 24.0 Å². The Kier molecular flexibility index (Phi) is 4.28. The fourth-order valence-corrected chi connectivity index (χ4v) is 1.57. The van der Waals surface area contributed by atoms with E-state index in [4.69, 9.17) is 5.73 Å². The number of pyridine rings is 1. The molecule has 0 atom stereocenters. The maximum Gasteiger partial charge on any atom is 0.274 e. The van der Waals surface area contributed by atoms with Gasteiger partial charge in [0.1, 0.15) is 0 Å². The van der Waals surface area contributed by atoms with E-state index in [1.165, 1.54) is 0 Å². The van der Waals surface area contributed by atoms with Crippen molar-refractivity contribution in [1.82, 2.24) is 9.88 Å². The molecule has 16 heavy (non-hydrogen) atoms. The first kappa shape index (κ1) is 12.5. The van der Waals surface area contributed by atoms with Crippen LogP contribution in [0.15, 0.2) is 18.3 Å². The van der Waals surface area contributed by atoms with Gasteiger partial charge < -0.3 is 10.6 Å². The molecule has 0 bridgehead atoms. The van der Waals surface area contributed by atoms with Gasteiger partial charge in [-0.05, 0) is 32.4 Å². The topological polar surface area (TPSA) is 59.2 Å². The average molecular weight is 221 g/mol. The molecule has 88 valence electrons. The Morgan fingerprint density at radius 1 is 1.56 bits per heavy atom. The predicted molar refractivity (Wildman–Crippen MR) is 65.1 cm³/mol. The molecule has 0 radical (unpaired) electrons. The van der Waals surface area contributed by atoms with E-state index in [1.807, 2.05) is 20.8 Å². The first-order valence-corrected chi connectivity index (χ1v) is 5.59. The van der Waals surface area contributed by atoms with Gasteiger partial charge in [-0.2, -0.15) is 0 Å². The van der Waals surface area contributed by atoms with Gasteiger partial charge in [0, 0.05) is 18.8 Å². The Morgan fingerprint density at radius 2 is 2.25 bits per heavy atom. The Bertz CT molecular complexity index is 363. The number of carbonyl (C=O) groups is 1. The number of carbonyl (C=O) groups excluding carboxylic acids is 1. The summed E-state index contributed by atoms with van der Waals surface area (Å²) in [6, 6.07) is 3.59. The zero-order chi connectivity index (χ0) is 12.1. The number of amides is 1. The molecule has 1 aromatic heterocycles. The normalized spacial score (nSPS) is 10.5. The maximum atomic E-state index is 12.2. The van der Waals surface area contributed by atoms with Crippen LogP contribution in [0, 0.1) is 0 Å². The largest absolute Gasteiger partial charge is 0.397 e. The smallest absolute Gasteiger partial charge is 0.274 e. The summed E-state index contributed by atoms with van der Waals surface area (Å²) in [4.78, 5) is 18.0. The van der Waals surface area contributed by atoms with Gasteiger partial charge in [0.15, 0.2) is 5.69 Å². The van der Waals surface area contributed by atoms with Crippen LogP contribution in [0.25, 0.3) is 0 Å². The molecule has 0 fully saturated rings. The Hall–Kier alpha value is -1.58. The molecule has 0 aliphatic rings. The van der Waals surface area contributed by atoms with E-state index in [-0.39, 0.29) is 11.9 Å². The number of aromatic nitrogens is 1. The van der Waals surface area contributed by atoms with E-state index >= 15 is 0 Å². The van der Waals surface area contributed by atoms with Crippen molar-refractivity contribution in [2.45, 2.75) is 33.2 Å². The molecule has 0 saturated heterocycles. The second-order valence-corrected chi connectivity index (χ2v) is 4.03. The molecule has 4 nitrogen and oxygen atoms in total. The monoisotopic (exact) mass is 221 g/mol. The summed E-state index contributed by atoms with van der Waals surface area (Å²) < 4.78 is 0. The molecule has 0 spiro atoms. The third-order valence-electron chi connectivity index (χ3n) is 2.39. The first-order chi connectivity index (χ1) is 7.57. The van der Waals surface area contributed by atoms with Gasteiger partial charge in [-0.1, -0.05) is 6.92 Å². The van der Waals surface area contributed by atoms with Gasteiger partial charge in [0.05, 0.1) is 5.69 Å². The van der Waals surface area contributed by atoms with Crippen molar-refractivity contribution in [3.8, 4) is 0 Å². The highest BCUT2D eigenvalue weighted by molar-refractivity contribution is 5.97. The van der Waals surface area contributed by atoms with Crippen LogP contribution < -0.4 is 5.73 Å². The van der Waals surface area contributed by atoms with Crippen molar-refractivity contribution in [2.24, 2.45) is 0 Å². The van der Waals surface area contributed by atoms with Gasteiger partial charge >= 0.3 is 0 Å². The summed E-state index contributed by atoms with van der Waals surface area (Å²) in [6.45, 7) is 6.76. The second-order valence-electron chi connectivity index (χ2n) is 4.03. The highest BCUT2D eigenvalue weighted by Gasteiger charge is 2.20. The van der Waals surface area contributed by atoms with Crippen LogP contribution in [0.3, 0.4) is 0 Å². The van der Waals surface area contributed by atoms with E-state index in [0.29, 0.717) is 11.4 Å². The molecular formula is C12H19N3O. The number of nitrogens with zero attached hydrogens (tertiary/aromatic N) is 2. The van der Waals surface area contributed by atoms with Crippen LogP contribution in [-0.2, 0) is 0 Å². The van der Waals surface area contributed by atoms with Gasteiger partial charge in [-0.25, -0.2) is 4.98 Å². The number of hydrogen-bond acceptors (Lipinski definition) is 3. The average Bonchev–Trinajstić information content (AvgIpc) is 2.25. The molecule has 2 N–H and O–H groups in total. The van der Waals surface area contributed by atoms with Crippen LogP contribution in [0.4, 0.5) is 5.69 Å². The highest BCUT2D eigenvalue weighted by Crippen LogP contribution is 2.12. The fraction of sp³-hybridized carbons (Fsp3) is 0.500. The molecule has 1 rings (SSSR count). The van der Waals surface area contributed by atoms with E-state index in [9.17, 15) is 4.79 Å². The first-order valence-electron chi connectivity index (χ1n) is 5.59.